The summed E-state index contributed by atoms with van der Waals surface area (Å²) in [6.45, 7) is 2.17. The predicted octanol–water partition coefficient (Wildman–Crippen LogP) is 7.13. The predicted molar refractivity (Wildman–Crippen MR) is 117 cm³/mol. The number of rotatable bonds is 2. The van der Waals surface area contributed by atoms with E-state index in [9.17, 15) is 0 Å². The molecule has 27 heavy (non-hydrogen) atoms. The molecule has 3 aromatic carbocycles. The molecule has 4 aromatic rings. The number of allylic oxidation sites excluding steroid dienone is 6. The lowest BCUT2D eigenvalue weighted by Crippen LogP contribution is -1.94. The lowest BCUT2D eigenvalue weighted by molar-refractivity contribution is 1.22. The molecule has 5 rings (SSSR count). The van der Waals surface area contributed by atoms with Gasteiger partial charge in [-0.3, -0.25) is 0 Å². The van der Waals surface area contributed by atoms with Crippen LogP contribution >= 0.6 is 0 Å². The number of fused-ring (bicyclic) bond motifs is 3. The molecule has 1 aliphatic rings. The summed E-state index contributed by atoms with van der Waals surface area (Å²) >= 11 is 0. The fraction of sp³-hybridized carbons (Fsp3) is 0.0769. The quantitative estimate of drug-likeness (QED) is 0.363. The van der Waals surface area contributed by atoms with Gasteiger partial charge in [0, 0.05) is 16.5 Å². The largest absolute Gasteiger partial charge is 0.310 e. The molecule has 130 valence electrons. The molecule has 0 radical (unpaired) electrons. The van der Waals surface area contributed by atoms with Crippen LogP contribution in [0.1, 0.15) is 12.0 Å². The first-order valence-electron chi connectivity index (χ1n) is 9.45. The number of aryl methyl sites for hydroxylation is 1. The first kappa shape index (κ1) is 15.9. The third kappa shape index (κ3) is 2.72. The van der Waals surface area contributed by atoms with E-state index in [-0.39, 0.29) is 0 Å². The van der Waals surface area contributed by atoms with E-state index in [4.69, 9.17) is 0 Å². The van der Waals surface area contributed by atoms with Gasteiger partial charge in [-0.05, 0) is 54.8 Å². The molecule has 1 heterocycles. The third-order valence-electron chi connectivity index (χ3n) is 5.26. The number of hydrogen-bond acceptors (Lipinski definition) is 0. The van der Waals surface area contributed by atoms with Crippen LogP contribution in [0.4, 0.5) is 0 Å². The highest BCUT2D eigenvalue weighted by molar-refractivity contribution is 6.11. The zero-order chi connectivity index (χ0) is 18.2. The fourth-order valence-electron chi connectivity index (χ4n) is 3.96. The van der Waals surface area contributed by atoms with Crippen molar-refractivity contribution >= 4 is 27.5 Å². The molecule has 0 amide bonds. The minimum Gasteiger partial charge on any atom is -0.310 e. The van der Waals surface area contributed by atoms with Crippen molar-refractivity contribution in [1.29, 1.82) is 0 Å². The van der Waals surface area contributed by atoms with Crippen molar-refractivity contribution in [3.8, 4) is 11.1 Å². The Morgan fingerprint density at radius 1 is 0.741 bits per heavy atom. The summed E-state index contributed by atoms with van der Waals surface area (Å²) in [7, 11) is 0. The van der Waals surface area contributed by atoms with E-state index in [0.29, 0.717) is 0 Å². The molecular weight excluding hydrogens is 326 g/mol. The molecular formula is C26H21N. The van der Waals surface area contributed by atoms with Gasteiger partial charge < -0.3 is 4.57 Å². The summed E-state index contributed by atoms with van der Waals surface area (Å²) in [4.78, 5) is 0. The lowest BCUT2D eigenvalue weighted by Gasteiger charge is -2.09. The van der Waals surface area contributed by atoms with Crippen LogP contribution < -0.4 is 0 Å². The smallest absolute Gasteiger partial charge is 0.0541 e. The maximum atomic E-state index is 2.39. The Hall–Kier alpha value is -3.32. The van der Waals surface area contributed by atoms with Crippen molar-refractivity contribution in [2.24, 2.45) is 0 Å². The van der Waals surface area contributed by atoms with E-state index in [1.54, 1.807) is 0 Å². The normalized spacial score (nSPS) is 13.9. The maximum absolute atomic E-state index is 2.39. The third-order valence-corrected chi connectivity index (χ3v) is 5.26. The molecule has 1 nitrogen and oxygen atoms in total. The van der Waals surface area contributed by atoms with Crippen molar-refractivity contribution in [1.82, 2.24) is 4.57 Å². The van der Waals surface area contributed by atoms with Gasteiger partial charge in [-0.1, -0.05) is 72.3 Å². The molecule has 0 saturated carbocycles. The van der Waals surface area contributed by atoms with E-state index in [1.165, 1.54) is 44.2 Å². The minimum absolute atomic E-state index is 0.956. The van der Waals surface area contributed by atoms with Gasteiger partial charge >= 0.3 is 0 Å². The van der Waals surface area contributed by atoms with Gasteiger partial charge in [0.2, 0.25) is 0 Å². The molecule has 1 aromatic heterocycles. The summed E-state index contributed by atoms with van der Waals surface area (Å²) in [6, 6.07) is 24.2. The van der Waals surface area contributed by atoms with E-state index >= 15 is 0 Å². The Balaban J connectivity index is 1.83. The average molecular weight is 347 g/mol. The standard InChI is InChI=1S/C26H21N/c1-19-13-15-25-23(17-19)24-18-21(20-9-5-4-6-10-20)14-16-26(24)27(25)22-11-7-2-3-8-12-22/h2-7,9-18H,8H2,1H3. The zero-order valence-electron chi connectivity index (χ0n) is 15.4. The molecule has 0 bridgehead atoms. The van der Waals surface area contributed by atoms with Crippen LogP contribution in [-0.2, 0) is 0 Å². The Kier molecular flexibility index (Phi) is 3.79. The molecule has 1 heteroatoms. The Bertz CT molecular complexity index is 1230. The van der Waals surface area contributed by atoms with Gasteiger partial charge in [0.25, 0.3) is 0 Å². The van der Waals surface area contributed by atoms with Crippen molar-refractivity contribution in [3.05, 3.63) is 103 Å². The molecule has 1 aliphatic carbocycles. The van der Waals surface area contributed by atoms with Crippen molar-refractivity contribution in [2.45, 2.75) is 13.3 Å². The molecule has 0 fully saturated rings. The van der Waals surface area contributed by atoms with E-state index in [0.717, 1.165) is 6.42 Å². The SMILES string of the molecule is Cc1ccc2c(c1)c1cc(-c3ccccc3)ccc1n2C1=CCC=CC=C1. The maximum Gasteiger partial charge on any atom is 0.0541 e. The summed E-state index contributed by atoms with van der Waals surface area (Å²) in [6.07, 6.45) is 11.9. The van der Waals surface area contributed by atoms with Crippen LogP contribution in [0.15, 0.2) is 97.1 Å². The number of benzene rings is 3. The monoisotopic (exact) mass is 347 g/mol. The first-order valence-corrected chi connectivity index (χ1v) is 9.45. The highest BCUT2D eigenvalue weighted by Gasteiger charge is 2.14. The van der Waals surface area contributed by atoms with Gasteiger partial charge in [0.15, 0.2) is 0 Å². The highest BCUT2D eigenvalue weighted by Crippen LogP contribution is 2.35. The van der Waals surface area contributed by atoms with Crippen LogP contribution in [0.25, 0.3) is 38.6 Å². The van der Waals surface area contributed by atoms with Crippen LogP contribution in [0.2, 0.25) is 0 Å². The molecule has 0 N–H and O–H groups in total. The number of aromatic nitrogens is 1. The Morgan fingerprint density at radius 3 is 2.37 bits per heavy atom. The van der Waals surface area contributed by atoms with Crippen LogP contribution in [0.5, 0.6) is 0 Å². The Morgan fingerprint density at radius 2 is 1.52 bits per heavy atom. The summed E-state index contributed by atoms with van der Waals surface area (Å²) in [5.74, 6) is 0. The summed E-state index contributed by atoms with van der Waals surface area (Å²) < 4.78 is 2.39. The van der Waals surface area contributed by atoms with Crippen molar-refractivity contribution < 1.29 is 0 Å². The van der Waals surface area contributed by atoms with Crippen LogP contribution in [-0.4, -0.2) is 4.57 Å². The minimum atomic E-state index is 0.956. The molecule has 0 atom stereocenters. The lowest BCUT2D eigenvalue weighted by atomic mass is 10.0. The van der Waals surface area contributed by atoms with Crippen molar-refractivity contribution in [3.63, 3.8) is 0 Å². The zero-order valence-corrected chi connectivity index (χ0v) is 15.4. The van der Waals surface area contributed by atoms with Crippen LogP contribution in [0, 0.1) is 6.92 Å². The summed E-state index contributed by atoms with van der Waals surface area (Å²) in [5.41, 5.74) is 7.56. The van der Waals surface area contributed by atoms with E-state index in [1.807, 2.05) is 0 Å². The second-order valence-corrected chi connectivity index (χ2v) is 7.11. The second-order valence-electron chi connectivity index (χ2n) is 7.11. The van der Waals surface area contributed by atoms with Gasteiger partial charge in [-0.2, -0.15) is 0 Å². The van der Waals surface area contributed by atoms with Gasteiger partial charge in [-0.25, -0.2) is 0 Å². The average Bonchev–Trinajstić information content (AvgIpc) is 2.86. The number of nitrogens with zero attached hydrogens (tertiary/aromatic N) is 1. The van der Waals surface area contributed by atoms with Gasteiger partial charge in [0.1, 0.15) is 0 Å². The van der Waals surface area contributed by atoms with Gasteiger partial charge in [-0.15, -0.1) is 0 Å². The molecule has 0 unspecified atom stereocenters. The first-order chi connectivity index (χ1) is 13.3. The highest BCUT2D eigenvalue weighted by atomic mass is 15.0. The van der Waals surface area contributed by atoms with Gasteiger partial charge in [0.05, 0.1) is 11.0 Å². The summed E-state index contributed by atoms with van der Waals surface area (Å²) in [5, 5.41) is 2.62. The fourth-order valence-corrected chi connectivity index (χ4v) is 3.96. The van der Waals surface area contributed by atoms with Crippen molar-refractivity contribution in [2.75, 3.05) is 0 Å². The number of hydrogen-bond donors (Lipinski definition) is 0. The second kappa shape index (κ2) is 6.44. The molecule has 0 saturated heterocycles. The van der Waals surface area contributed by atoms with E-state index in [2.05, 4.69) is 109 Å². The molecule has 0 aliphatic heterocycles. The van der Waals surface area contributed by atoms with Crippen LogP contribution in [0.3, 0.4) is 0 Å². The Labute approximate surface area is 159 Å². The van der Waals surface area contributed by atoms with E-state index < -0.39 is 0 Å². The topological polar surface area (TPSA) is 4.93 Å². The molecule has 0 spiro atoms.